The number of fused-ring (bicyclic) bond motifs is 1. The summed E-state index contributed by atoms with van der Waals surface area (Å²) in [6, 6.07) is 5.92. The van der Waals surface area contributed by atoms with Gasteiger partial charge in [0.05, 0.1) is 6.57 Å². The number of benzene rings is 1. The molecule has 18 heavy (non-hydrogen) atoms. The van der Waals surface area contributed by atoms with Gasteiger partial charge in [0.1, 0.15) is 0 Å². The Bertz CT molecular complexity index is 644. The van der Waals surface area contributed by atoms with Gasteiger partial charge in [0.25, 0.3) is 0 Å². The fourth-order valence-corrected chi connectivity index (χ4v) is 2.91. The van der Waals surface area contributed by atoms with Crippen molar-refractivity contribution in [2.45, 2.75) is 32.7 Å². The van der Waals surface area contributed by atoms with E-state index in [2.05, 4.69) is 44.5 Å². The van der Waals surface area contributed by atoms with Crippen molar-refractivity contribution in [3.8, 4) is 0 Å². The number of aryl methyl sites for hydroxylation is 1. The molecular formula is C15H15BrN2. The van der Waals surface area contributed by atoms with Crippen molar-refractivity contribution in [2.75, 3.05) is 0 Å². The first kappa shape index (κ1) is 11.8. The highest BCUT2D eigenvalue weighted by molar-refractivity contribution is 9.10. The van der Waals surface area contributed by atoms with Crippen molar-refractivity contribution in [1.29, 1.82) is 0 Å². The number of aromatic nitrogens is 1. The summed E-state index contributed by atoms with van der Waals surface area (Å²) in [4.78, 5) is 3.49. The Kier molecular flexibility index (Phi) is 2.71. The highest BCUT2D eigenvalue weighted by Crippen LogP contribution is 2.48. The lowest BCUT2D eigenvalue weighted by molar-refractivity contribution is 0.470. The van der Waals surface area contributed by atoms with Crippen LogP contribution >= 0.6 is 15.9 Å². The zero-order valence-corrected chi connectivity index (χ0v) is 12.0. The largest absolute Gasteiger partial charge is 0.346 e. The summed E-state index contributed by atoms with van der Waals surface area (Å²) in [7, 11) is 0. The van der Waals surface area contributed by atoms with Crippen LogP contribution in [0.15, 0.2) is 28.9 Å². The number of hydrogen-bond acceptors (Lipinski definition) is 0. The second-order valence-electron chi connectivity index (χ2n) is 5.54. The summed E-state index contributed by atoms with van der Waals surface area (Å²) in [6.45, 7) is 10.5. The molecule has 0 atom stereocenters. The van der Waals surface area contributed by atoms with E-state index in [1.54, 1.807) is 0 Å². The number of halogens is 1. The summed E-state index contributed by atoms with van der Waals surface area (Å²) in [5.74, 6) is 0. The highest BCUT2D eigenvalue weighted by Gasteiger charge is 2.36. The van der Waals surface area contributed by atoms with Crippen LogP contribution in [0.4, 0.5) is 5.69 Å². The van der Waals surface area contributed by atoms with Crippen molar-refractivity contribution < 1.29 is 0 Å². The van der Waals surface area contributed by atoms with Crippen molar-refractivity contribution in [1.82, 2.24) is 4.57 Å². The van der Waals surface area contributed by atoms with E-state index in [1.165, 1.54) is 24.8 Å². The molecule has 92 valence electrons. The van der Waals surface area contributed by atoms with Gasteiger partial charge in [-0.15, -0.1) is 0 Å². The molecule has 3 heteroatoms. The first-order valence-corrected chi connectivity index (χ1v) is 7.06. The van der Waals surface area contributed by atoms with Crippen LogP contribution < -0.4 is 0 Å². The van der Waals surface area contributed by atoms with Gasteiger partial charge in [-0.1, -0.05) is 13.0 Å². The number of nitrogens with zero attached hydrogens (tertiary/aromatic N) is 2. The molecule has 1 saturated carbocycles. The highest BCUT2D eigenvalue weighted by atomic mass is 79.9. The second kappa shape index (κ2) is 4.13. The molecule has 0 bridgehead atoms. The average molecular weight is 303 g/mol. The van der Waals surface area contributed by atoms with Crippen molar-refractivity contribution >= 4 is 32.5 Å². The standard InChI is InChI=1S/C15H15BrN2/c1-15(5-6-15)7-8-18-10-13(16)12-9-11(17-2)3-4-14(12)18/h3-4,9-10H,5-8H2,1H3. The van der Waals surface area contributed by atoms with Crippen LogP contribution in [-0.4, -0.2) is 4.57 Å². The van der Waals surface area contributed by atoms with Crippen molar-refractivity contribution in [2.24, 2.45) is 5.41 Å². The van der Waals surface area contributed by atoms with Crippen molar-refractivity contribution in [3.05, 3.63) is 40.3 Å². The smallest absolute Gasteiger partial charge is 0.188 e. The molecule has 1 aliphatic rings. The molecule has 0 amide bonds. The zero-order valence-electron chi connectivity index (χ0n) is 10.4. The third-order valence-corrected chi connectivity index (χ3v) is 4.64. The van der Waals surface area contributed by atoms with Crippen LogP contribution in [0, 0.1) is 12.0 Å². The number of rotatable bonds is 3. The minimum Gasteiger partial charge on any atom is -0.346 e. The van der Waals surface area contributed by atoms with Gasteiger partial charge < -0.3 is 4.57 Å². The Hall–Kier alpha value is -1.27. The summed E-state index contributed by atoms with van der Waals surface area (Å²) >= 11 is 3.59. The molecule has 0 aliphatic heterocycles. The third kappa shape index (κ3) is 2.06. The molecule has 1 heterocycles. The molecular weight excluding hydrogens is 288 g/mol. The van der Waals surface area contributed by atoms with Gasteiger partial charge in [-0.3, -0.25) is 0 Å². The topological polar surface area (TPSA) is 9.29 Å². The minimum absolute atomic E-state index is 0.583. The van der Waals surface area contributed by atoms with Gasteiger partial charge in [0.15, 0.2) is 5.69 Å². The molecule has 1 aromatic carbocycles. The molecule has 3 rings (SSSR count). The third-order valence-electron chi connectivity index (χ3n) is 4.00. The van der Waals surface area contributed by atoms with Gasteiger partial charge in [-0.05, 0) is 52.7 Å². The lowest BCUT2D eigenvalue weighted by atomic mass is 10.1. The van der Waals surface area contributed by atoms with Gasteiger partial charge in [0.2, 0.25) is 0 Å². The van der Waals surface area contributed by atoms with E-state index in [1.807, 2.05) is 12.1 Å². The lowest BCUT2D eigenvalue weighted by Crippen LogP contribution is -2.02. The SMILES string of the molecule is [C-]#[N+]c1ccc2c(c1)c(Br)cn2CCC1(C)CC1. The second-order valence-corrected chi connectivity index (χ2v) is 6.40. The molecule has 2 aromatic rings. The summed E-state index contributed by atoms with van der Waals surface area (Å²) < 4.78 is 3.39. The maximum atomic E-state index is 7.07. The summed E-state index contributed by atoms with van der Waals surface area (Å²) in [6.07, 6.45) is 6.13. The molecule has 0 saturated heterocycles. The summed E-state index contributed by atoms with van der Waals surface area (Å²) in [5, 5.41) is 1.14. The molecule has 1 aromatic heterocycles. The average Bonchev–Trinajstić information content (AvgIpc) is 3.03. The maximum Gasteiger partial charge on any atom is 0.188 e. The predicted octanol–water partition coefficient (Wildman–Crippen LogP) is 5.14. The van der Waals surface area contributed by atoms with Crippen LogP contribution in [0.5, 0.6) is 0 Å². The molecule has 1 fully saturated rings. The first-order chi connectivity index (χ1) is 8.61. The molecule has 0 radical (unpaired) electrons. The molecule has 0 N–H and O–H groups in total. The van der Waals surface area contributed by atoms with E-state index in [0.717, 1.165) is 16.4 Å². The van der Waals surface area contributed by atoms with Gasteiger partial charge >= 0.3 is 0 Å². The van der Waals surface area contributed by atoms with Gasteiger partial charge in [-0.25, -0.2) is 4.85 Å². The molecule has 0 spiro atoms. The fourth-order valence-electron chi connectivity index (χ4n) is 2.35. The van der Waals surface area contributed by atoms with Crippen LogP contribution in [0.25, 0.3) is 15.7 Å². The quantitative estimate of drug-likeness (QED) is 0.694. The van der Waals surface area contributed by atoms with Crippen LogP contribution in [0.2, 0.25) is 0 Å². The van der Waals surface area contributed by atoms with E-state index in [0.29, 0.717) is 11.1 Å². The van der Waals surface area contributed by atoms with E-state index < -0.39 is 0 Å². The Balaban J connectivity index is 1.95. The van der Waals surface area contributed by atoms with Crippen LogP contribution in [-0.2, 0) is 6.54 Å². The van der Waals surface area contributed by atoms with E-state index in [9.17, 15) is 0 Å². The molecule has 0 unspecified atom stereocenters. The van der Waals surface area contributed by atoms with E-state index in [-0.39, 0.29) is 0 Å². The zero-order chi connectivity index (χ0) is 12.8. The lowest BCUT2D eigenvalue weighted by Gasteiger charge is -2.10. The Labute approximate surface area is 116 Å². The Morgan fingerprint density at radius 3 is 2.89 bits per heavy atom. The van der Waals surface area contributed by atoms with Crippen LogP contribution in [0.3, 0.4) is 0 Å². The normalized spacial score (nSPS) is 16.7. The Morgan fingerprint density at radius 1 is 1.44 bits per heavy atom. The predicted molar refractivity (Wildman–Crippen MR) is 77.9 cm³/mol. The maximum absolute atomic E-state index is 7.07. The monoisotopic (exact) mass is 302 g/mol. The Morgan fingerprint density at radius 2 is 2.22 bits per heavy atom. The van der Waals surface area contributed by atoms with Gasteiger partial charge in [0, 0.05) is 28.1 Å². The first-order valence-electron chi connectivity index (χ1n) is 6.27. The van der Waals surface area contributed by atoms with E-state index >= 15 is 0 Å². The van der Waals surface area contributed by atoms with Crippen molar-refractivity contribution in [3.63, 3.8) is 0 Å². The van der Waals surface area contributed by atoms with E-state index in [4.69, 9.17) is 6.57 Å². The number of hydrogen-bond donors (Lipinski definition) is 0. The summed E-state index contributed by atoms with van der Waals surface area (Å²) in [5.41, 5.74) is 2.51. The molecule has 2 nitrogen and oxygen atoms in total. The fraction of sp³-hybridized carbons (Fsp3) is 0.400. The molecule has 1 aliphatic carbocycles. The van der Waals surface area contributed by atoms with Gasteiger partial charge in [-0.2, -0.15) is 0 Å². The van der Waals surface area contributed by atoms with Crippen LogP contribution in [0.1, 0.15) is 26.2 Å². The minimum atomic E-state index is 0.583.